The number of aliphatic hydroxyl groups is 1. The van der Waals surface area contributed by atoms with Crippen LogP contribution in [0.1, 0.15) is 61.5 Å². The Morgan fingerprint density at radius 2 is 1.70 bits per heavy atom. The molecule has 4 N–H and O–H groups in total. The van der Waals surface area contributed by atoms with Gasteiger partial charge in [0.25, 0.3) is 11.8 Å². The van der Waals surface area contributed by atoms with Gasteiger partial charge in [-0.3, -0.25) is 19.2 Å². The summed E-state index contributed by atoms with van der Waals surface area (Å²) in [5.41, 5.74) is 1.30. The Morgan fingerprint density at radius 3 is 2.35 bits per heavy atom. The van der Waals surface area contributed by atoms with Crippen LogP contribution in [0.3, 0.4) is 0 Å². The number of aryl methyl sites for hydroxylation is 1. The van der Waals surface area contributed by atoms with Gasteiger partial charge in [0, 0.05) is 56.8 Å². The normalized spacial score (nSPS) is 19.7. The largest absolute Gasteiger partial charge is 0.480 e. The molecule has 2 aliphatic heterocycles. The van der Waals surface area contributed by atoms with Gasteiger partial charge in [-0.25, -0.2) is 9.78 Å². The Kier molecular flexibility index (Phi) is 10.2. The van der Waals surface area contributed by atoms with Crippen LogP contribution in [0.5, 0.6) is 5.75 Å². The molecule has 5 rings (SSSR count). The average Bonchev–Trinajstić information content (AvgIpc) is 3.51. The highest BCUT2D eigenvalue weighted by Gasteiger charge is 2.38. The van der Waals surface area contributed by atoms with E-state index in [4.69, 9.17) is 4.74 Å². The van der Waals surface area contributed by atoms with Gasteiger partial charge in [-0.1, -0.05) is 6.07 Å². The fourth-order valence-electron chi connectivity index (χ4n) is 6.10. The Labute approximate surface area is 267 Å². The Balaban J connectivity index is 1.32. The first-order chi connectivity index (χ1) is 22.0. The molecular weight excluding hydrogens is 596 g/mol. The minimum Gasteiger partial charge on any atom is -0.480 e. The number of hydrogen-bond acceptors (Lipinski definition) is 8. The number of fused-ring (bicyclic) bond motifs is 1. The van der Waals surface area contributed by atoms with Gasteiger partial charge in [-0.2, -0.15) is 0 Å². The van der Waals surface area contributed by atoms with E-state index in [0.29, 0.717) is 30.3 Å². The van der Waals surface area contributed by atoms with E-state index in [0.717, 1.165) is 24.8 Å². The van der Waals surface area contributed by atoms with E-state index in [1.807, 2.05) is 13.0 Å². The summed E-state index contributed by atoms with van der Waals surface area (Å²) in [6, 6.07) is 5.43. The number of nitrogens with one attached hydrogen (secondary N) is 2. The van der Waals surface area contributed by atoms with Gasteiger partial charge >= 0.3 is 6.09 Å². The minimum atomic E-state index is -1.06. The quantitative estimate of drug-likeness (QED) is 0.298. The third-order valence-corrected chi connectivity index (χ3v) is 8.98. The number of aliphatic hydroxyl groups excluding tert-OH is 1. The van der Waals surface area contributed by atoms with Crippen molar-refractivity contribution in [3.8, 4) is 5.75 Å². The summed E-state index contributed by atoms with van der Waals surface area (Å²) in [6.45, 7) is 4.21. The molecule has 1 aliphatic carbocycles. The van der Waals surface area contributed by atoms with Crippen LogP contribution in [0.4, 0.5) is 4.79 Å². The lowest BCUT2D eigenvalue weighted by atomic mass is 9.93. The number of carbonyl (C=O) groups is 5. The Hall–Kier alpha value is -4.46. The van der Waals surface area contributed by atoms with Crippen molar-refractivity contribution in [1.29, 1.82) is 0 Å². The maximum absolute atomic E-state index is 13.6. The summed E-state index contributed by atoms with van der Waals surface area (Å²) in [7, 11) is 0. The van der Waals surface area contributed by atoms with Crippen molar-refractivity contribution in [2.75, 3.05) is 39.3 Å². The standard InChI is InChI=1S/C32H42N6O8/c1-19-8-9-22-24(17-19)34-25(28(40)35-23(10-16-39)31(43)36-12-14-37(15-13-36)32(44)45)18-27(22)46-20(2)30(42)38-11-4-7-26(38)29(41)33-21-5-3-6-21/h8-9,17-18,20-21,23,26,39H,3-7,10-16H2,1-2H3,(H,33,41)(H,35,40)(H,44,45)/t20-,23+,26+/m1/s1. The number of amides is 5. The van der Waals surface area contributed by atoms with Crippen LogP contribution in [0.15, 0.2) is 24.3 Å². The number of aromatic nitrogens is 1. The van der Waals surface area contributed by atoms with Gasteiger partial charge in [0.2, 0.25) is 11.8 Å². The van der Waals surface area contributed by atoms with Crippen LogP contribution in [0.25, 0.3) is 10.9 Å². The maximum Gasteiger partial charge on any atom is 0.407 e. The first-order valence-corrected chi connectivity index (χ1v) is 15.9. The van der Waals surface area contributed by atoms with Crippen molar-refractivity contribution >= 4 is 40.6 Å². The molecule has 3 aliphatic rings. The molecule has 14 nitrogen and oxygen atoms in total. The van der Waals surface area contributed by atoms with Gasteiger partial charge in [-0.05, 0) is 70.1 Å². The zero-order valence-electron chi connectivity index (χ0n) is 26.2. The number of ether oxygens (including phenoxy) is 1. The summed E-state index contributed by atoms with van der Waals surface area (Å²) >= 11 is 0. The number of piperazine rings is 1. The second kappa shape index (κ2) is 14.3. The topological polar surface area (TPSA) is 182 Å². The number of pyridine rings is 1. The zero-order valence-corrected chi connectivity index (χ0v) is 26.2. The Bertz CT molecular complexity index is 1490. The van der Waals surface area contributed by atoms with Gasteiger partial charge < -0.3 is 40.3 Å². The van der Waals surface area contributed by atoms with Crippen LogP contribution in [-0.4, -0.2) is 123 Å². The van der Waals surface area contributed by atoms with Crippen LogP contribution >= 0.6 is 0 Å². The lowest BCUT2D eigenvalue weighted by Crippen LogP contribution is -2.56. The summed E-state index contributed by atoms with van der Waals surface area (Å²) in [4.78, 5) is 73.3. The molecule has 0 radical (unpaired) electrons. The molecule has 0 spiro atoms. The van der Waals surface area contributed by atoms with Gasteiger partial charge in [-0.15, -0.1) is 0 Å². The molecule has 3 fully saturated rings. The zero-order chi connectivity index (χ0) is 33.0. The van der Waals surface area contributed by atoms with Crippen molar-refractivity contribution in [2.24, 2.45) is 0 Å². The highest BCUT2D eigenvalue weighted by atomic mass is 16.5. The lowest BCUT2D eigenvalue weighted by molar-refractivity contribution is -0.143. The number of carbonyl (C=O) groups excluding carboxylic acids is 4. The second-order valence-electron chi connectivity index (χ2n) is 12.2. The molecule has 248 valence electrons. The fourth-order valence-corrected chi connectivity index (χ4v) is 6.10. The summed E-state index contributed by atoms with van der Waals surface area (Å²) < 4.78 is 6.19. The van der Waals surface area contributed by atoms with Crippen LogP contribution in [0.2, 0.25) is 0 Å². The third kappa shape index (κ3) is 7.33. The number of likely N-dealkylation sites (tertiary alicyclic amines) is 1. The minimum absolute atomic E-state index is 0.0434. The Morgan fingerprint density at radius 1 is 0.978 bits per heavy atom. The predicted molar refractivity (Wildman–Crippen MR) is 166 cm³/mol. The molecule has 2 aromatic rings. The molecule has 0 bridgehead atoms. The van der Waals surface area contributed by atoms with Crippen molar-refractivity contribution in [3.05, 3.63) is 35.5 Å². The van der Waals surface area contributed by atoms with Crippen molar-refractivity contribution in [3.63, 3.8) is 0 Å². The molecule has 0 unspecified atom stereocenters. The predicted octanol–water partition coefficient (Wildman–Crippen LogP) is 1.27. The van der Waals surface area contributed by atoms with Crippen LogP contribution < -0.4 is 15.4 Å². The number of carboxylic acid groups (broad SMARTS) is 1. The lowest BCUT2D eigenvalue weighted by Gasteiger charge is -2.35. The van der Waals surface area contributed by atoms with Gasteiger partial charge in [0.1, 0.15) is 23.5 Å². The molecule has 3 heterocycles. The molecule has 2 saturated heterocycles. The highest BCUT2D eigenvalue weighted by molar-refractivity contribution is 5.99. The number of hydrogen-bond donors (Lipinski definition) is 4. The molecule has 14 heteroatoms. The molecule has 1 saturated carbocycles. The second-order valence-corrected chi connectivity index (χ2v) is 12.2. The summed E-state index contributed by atoms with van der Waals surface area (Å²) in [5, 5.41) is 25.2. The van der Waals surface area contributed by atoms with Crippen LogP contribution in [0, 0.1) is 6.92 Å². The average molecular weight is 639 g/mol. The van der Waals surface area contributed by atoms with E-state index < -0.39 is 36.1 Å². The number of rotatable bonds is 10. The van der Waals surface area contributed by atoms with E-state index in [-0.39, 0.29) is 68.5 Å². The van der Waals surface area contributed by atoms with Gasteiger partial charge in [0.05, 0.1) is 5.52 Å². The van der Waals surface area contributed by atoms with Crippen molar-refractivity contribution < 1.29 is 38.9 Å². The van der Waals surface area contributed by atoms with Crippen molar-refractivity contribution in [1.82, 2.24) is 30.3 Å². The maximum atomic E-state index is 13.6. The first kappa shape index (κ1) is 32.9. The number of nitrogens with zero attached hydrogens (tertiary/aromatic N) is 4. The fraction of sp³-hybridized carbons (Fsp3) is 0.562. The molecule has 46 heavy (non-hydrogen) atoms. The summed E-state index contributed by atoms with van der Waals surface area (Å²) in [6.07, 6.45) is 2.23. The smallest absolute Gasteiger partial charge is 0.407 e. The molecule has 3 atom stereocenters. The highest BCUT2D eigenvalue weighted by Crippen LogP contribution is 2.29. The van der Waals surface area contributed by atoms with E-state index in [1.54, 1.807) is 24.0 Å². The van der Waals surface area contributed by atoms with Crippen molar-refractivity contribution in [2.45, 2.75) is 76.6 Å². The number of benzene rings is 1. The summed E-state index contributed by atoms with van der Waals surface area (Å²) in [5.74, 6) is -1.31. The first-order valence-electron chi connectivity index (χ1n) is 15.9. The van der Waals surface area contributed by atoms with Crippen LogP contribution in [-0.2, 0) is 14.4 Å². The van der Waals surface area contributed by atoms with E-state index >= 15 is 0 Å². The van der Waals surface area contributed by atoms with E-state index in [2.05, 4.69) is 15.6 Å². The molecular formula is C32H42N6O8. The monoisotopic (exact) mass is 638 g/mol. The van der Waals surface area contributed by atoms with E-state index in [1.165, 1.54) is 15.9 Å². The molecule has 5 amide bonds. The van der Waals surface area contributed by atoms with E-state index in [9.17, 15) is 34.2 Å². The molecule has 1 aromatic heterocycles. The third-order valence-electron chi connectivity index (χ3n) is 8.98. The SMILES string of the molecule is Cc1ccc2c(O[C@H](C)C(=O)N3CCC[C@H]3C(=O)NC3CCC3)cc(C(=O)N[C@@H](CCO)C(=O)N3CCN(C(=O)O)CC3)nc2c1. The molecule has 1 aromatic carbocycles. The van der Waals surface area contributed by atoms with Gasteiger partial charge in [0.15, 0.2) is 6.10 Å².